The summed E-state index contributed by atoms with van der Waals surface area (Å²) >= 11 is 5.82. The fourth-order valence-corrected chi connectivity index (χ4v) is 5.31. The van der Waals surface area contributed by atoms with Gasteiger partial charge in [0.05, 0.1) is 4.90 Å². The van der Waals surface area contributed by atoms with E-state index in [0.717, 1.165) is 43.6 Å². The molecule has 29 heavy (non-hydrogen) atoms. The maximum Gasteiger partial charge on any atom is 0.240 e. The van der Waals surface area contributed by atoms with Crippen molar-refractivity contribution in [3.63, 3.8) is 0 Å². The number of anilines is 1. The van der Waals surface area contributed by atoms with Gasteiger partial charge >= 0.3 is 0 Å². The molecule has 0 bridgehead atoms. The zero-order valence-electron chi connectivity index (χ0n) is 16.4. The van der Waals surface area contributed by atoms with Gasteiger partial charge in [-0.05, 0) is 48.7 Å². The van der Waals surface area contributed by atoms with Gasteiger partial charge in [0, 0.05) is 50.0 Å². The van der Waals surface area contributed by atoms with Crippen molar-refractivity contribution in [2.75, 3.05) is 31.1 Å². The van der Waals surface area contributed by atoms with E-state index in [9.17, 15) is 8.42 Å². The van der Waals surface area contributed by atoms with Crippen LogP contribution in [0.1, 0.15) is 31.2 Å². The van der Waals surface area contributed by atoms with Gasteiger partial charge in [-0.25, -0.2) is 18.1 Å². The van der Waals surface area contributed by atoms with Crippen LogP contribution in [0, 0.1) is 0 Å². The first-order valence-corrected chi connectivity index (χ1v) is 12.1. The minimum atomic E-state index is -3.57. The number of benzene rings is 1. The monoisotopic (exact) mass is 434 g/mol. The van der Waals surface area contributed by atoms with Gasteiger partial charge in [0.1, 0.15) is 5.82 Å². The van der Waals surface area contributed by atoms with Crippen LogP contribution < -0.4 is 9.62 Å². The van der Waals surface area contributed by atoms with E-state index in [-0.39, 0.29) is 11.4 Å². The standard InChI is InChI=1S/C21H27ClN4O2S/c22-18-6-8-20(9-7-18)29(27,28)24-16-17-5-10-21(23-15-17)26-13-11-25(12-14-26)19-3-1-2-4-19/h5-10,15,19,24H,1-4,11-14,16H2. The highest BCUT2D eigenvalue weighted by Crippen LogP contribution is 2.25. The largest absolute Gasteiger partial charge is 0.354 e. The molecule has 0 unspecified atom stereocenters. The normalized spacial score (nSPS) is 19.0. The number of sulfonamides is 1. The van der Waals surface area contributed by atoms with Crippen LogP contribution in [0.5, 0.6) is 0 Å². The van der Waals surface area contributed by atoms with Crippen LogP contribution in [0.15, 0.2) is 47.5 Å². The number of hydrogen-bond donors (Lipinski definition) is 1. The quantitative estimate of drug-likeness (QED) is 0.755. The molecule has 2 aliphatic rings. The summed E-state index contributed by atoms with van der Waals surface area (Å²) in [4.78, 5) is 9.71. The van der Waals surface area contributed by atoms with Crippen LogP contribution in [0.25, 0.3) is 0 Å². The third kappa shape index (κ3) is 5.09. The van der Waals surface area contributed by atoms with Gasteiger partial charge < -0.3 is 4.90 Å². The molecular weight excluding hydrogens is 408 g/mol. The molecule has 1 aliphatic heterocycles. The first-order chi connectivity index (χ1) is 14.0. The van der Waals surface area contributed by atoms with Gasteiger partial charge in [-0.15, -0.1) is 0 Å². The molecule has 1 aliphatic carbocycles. The average Bonchev–Trinajstić information content (AvgIpc) is 3.28. The molecule has 8 heteroatoms. The Balaban J connectivity index is 1.31. The summed E-state index contributed by atoms with van der Waals surface area (Å²) in [6.07, 6.45) is 7.19. The lowest BCUT2D eigenvalue weighted by atomic mass is 10.2. The lowest BCUT2D eigenvalue weighted by Gasteiger charge is -2.38. The molecule has 0 spiro atoms. The molecule has 0 atom stereocenters. The number of pyridine rings is 1. The maximum absolute atomic E-state index is 12.4. The number of hydrogen-bond acceptors (Lipinski definition) is 5. The zero-order valence-corrected chi connectivity index (χ0v) is 18.0. The third-order valence-corrected chi connectivity index (χ3v) is 7.55. The number of rotatable bonds is 6. The molecule has 156 valence electrons. The highest BCUT2D eigenvalue weighted by molar-refractivity contribution is 7.89. The summed E-state index contributed by atoms with van der Waals surface area (Å²) in [5.74, 6) is 0.959. The number of nitrogens with zero attached hydrogens (tertiary/aromatic N) is 3. The molecule has 1 saturated heterocycles. The van der Waals surface area contributed by atoms with Gasteiger partial charge in [0.2, 0.25) is 10.0 Å². The second kappa shape index (κ2) is 9.00. The summed E-state index contributed by atoms with van der Waals surface area (Å²) in [5, 5.41) is 0.507. The van der Waals surface area contributed by atoms with Gasteiger partial charge in [0.15, 0.2) is 0 Å². The Hall–Kier alpha value is -1.67. The third-order valence-electron chi connectivity index (χ3n) is 5.88. The molecule has 0 amide bonds. The van der Waals surface area contributed by atoms with Crippen molar-refractivity contribution < 1.29 is 8.42 Å². The topological polar surface area (TPSA) is 65.5 Å². The molecule has 4 rings (SSSR count). The van der Waals surface area contributed by atoms with Crippen molar-refractivity contribution in [3.8, 4) is 0 Å². The van der Waals surface area contributed by atoms with E-state index in [2.05, 4.69) is 19.5 Å². The van der Waals surface area contributed by atoms with Crippen molar-refractivity contribution >= 4 is 27.4 Å². The molecule has 0 radical (unpaired) electrons. The Bertz CT molecular complexity index is 905. The Kier molecular flexibility index (Phi) is 6.39. The van der Waals surface area contributed by atoms with E-state index in [1.165, 1.54) is 37.8 Å². The lowest BCUT2D eigenvalue weighted by Crippen LogP contribution is -2.50. The Morgan fingerprint density at radius 2 is 1.69 bits per heavy atom. The molecule has 1 aromatic heterocycles. The number of halogens is 1. The zero-order chi connectivity index (χ0) is 20.3. The van der Waals surface area contributed by atoms with E-state index in [0.29, 0.717) is 5.02 Å². The van der Waals surface area contributed by atoms with Crippen molar-refractivity contribution in [1.82, 2.24) is 14.6 Å². The minimum absolute atomic E-state index is 0.201. The number of nitrogens with one attached hydrogen (secondary N) is 1. The lowest BCUT2D eigenvalue weighted by molar-refractivity contribution is 0.187. The van der Waals surface area contributed by atoms with Crippen LogP contribution in [-0.4, -0.2) is 50.5 Å². The first kappa shape index (κ1) is 20.6. The van der Waals surface area contributed by atoms with Crippen LogP contribution in [0.2, 0.25) is 5.02 Å². The summed E-state index contributed by atoms with van der Waals surface area (Å²) < 4.78 is 27.4. The summed E-state index contributed by atoms with van der Waals surface area (Å²) in [7, 11) is -3.57. The summed E-state index contributed by atoms with van der Waals surface area (Å²) in [6.45, 7) is 4.37. The summed E-state index contributed by atoms with van der Waals surface area (Å²) in [5.41, 5.74) is 0.830. The van der Waals surface area contributed by atoms with Crippen molar-refractivity contribution in [2.45, 2.75) is 43.2 Å². The van der Waals surface area contributed by atoms with E-state index in [4.69, 9.17) is 11.6 Å². The Morgan fingerprint density at radius 3 is 2.31 bits per heavy atom. The maximum atomic E-state index is 12.4. The molecule has 1 aromatic carbocycles. The second-order valence-corrected chi connectivity index (χ2v) is 9.97. The molecule has 2 fully saturated rings. The van der Waals surface area contributed by atoms with E-state index >= 15 is 0 Å². The second-order valence-electron chi connectivity index (χ2n) is 7.76. The predicted molar refractivity (Wildman–Crippen MR) is 116 cm³/mol. The van der Waals surface area contributed by atoms with Crippen LogP contribution >= 0.6 is 11.6 Å². The summed E-state index contributed by atoms with van der Waals surface area (Å²) in [6, 6.07) is 10.8. The van der Waals surface area contributed by atoms with Gasteiger partial charge in [-0.2, -0.15) is 0 Å². The predicted octanol–water partition coefficient (Wildman–Crippen LogP) is 3.28. The highest BCUT2D eigenvalue weighted by Gasteiger charge is 2.26. The molecule has 6 nitrogen and oxygen atoms in total. The van der Waals surface area contributed by atoms with Crippen LogP contribution in [0.4, 0.5) is 5.82 Å². The van der Waals surface area contributed by atoms with Crippen LogP contribution in [0.3, 0.4) is 0 Å². The molecule has 2 heterocycles. The Morgan fingerprint density at radius 1 is 1.00 bits per heavy atom. The number of piperazine rings is 1. The minimum Gasteiger partial charge on any atom is -0.354 e. The van der Waals surface area contributed by atoms with E-state index < -0.39 is 10.0 Å². The van der Waals surface area contributed by atoms with Gasteiger partial charge in [0.25, 0.3) is 0 Å². The van der Waals surface area contributed by atoms with Crippen molar-refractivity contribution in [2.24, 2.45) is 0 Å². The smallest absolute Gasteiger partial charge is 0.240 e. The SMILES string of the molecule is O=S(=O)(NCc1ccc(N2CCN(C3CCCC3)CC2)nc1)c1ccc(Cl)cc1. The van der Waals surface area contributed by atoms with Crippen molar-refractivity contribution in [3.05, 3.63) is 53.2 Å². The molecule has 1 saturated carbocycles. The van der Waals surface area contributed by atoms with E-state index in [1.807, 2.05) is 12.1 Å². The number of aromatic nitrogens is 1. The fourth-order valence-electron chi connectivity index (χ4n) is 4.17. The van der Waals surface area contributed by atoms with Gasteiger partial charge in [-0.3, -0.25) is 4.90 Å². The Labute approximate surface area is 177 Å². The molecular formula is C21H27ClN4O2S. The van der Waals surface area contributed by atoms with E-state index in [1.54, 1.807) is 18.3 Å². The van der Waals surface area contributed by atoms with Gasteiger partial charge in [-0.1, -0.05) is 30.5 Å². The molecule has 2 aromatic rings. The fraction of sp³-hybridized carbons (Fsp3) is 0.476. The average molecular weight is 435 g/mol. The highest BCUT2D eigenvalue weighted by atomic mass is 35.5. The van der Waals surface area contributed by atoms with Crippen LogP contribution in [-0.2, 0) is 16.6 Å². The molecule has 1 N–H and O–H groups in total. The first-order valence-electron chi connectivity index (χ1n) is 10.2. The van der Waals surface area contributed by atoms with Crippen molar-refractivity contribution in [1.29, 1.82) is 0 Å².